The van der Waals surface area contributed by atoms with Crippen LogP contribution in [0.15, 0.2) is 53.4 Å². The van der Waals surface area contributed by atoms with Crippen LogP contribution in [0, 0.1) is 19.3 Å². The molecule has 12 heteroatoms. The van der Waals surface area contributed by atoms with E-state index < -0.39 is 27.4 Å². The molecule has 0 amide bonds. The minimum absolute atomic E-state index is 0.112. The van der Waals surface area contributed by atoms with E-state index >= 15 is 0 Å². The summed E-state index contributed by atoms with van der Waals surface area (Å²) in [6, 6.07) is 10.9. The van der Waals surface area contributed by atoms with Gasteiger partial charge in [-0.3, -0.25) is 4.31 Å². The molecule has 0 saturated carbocycles. The van der Waals surface area contributed by atoms with E-state index in [1.807, 2.05) is 13.0 Å². The molecule has 194 valence electrons. The Morgan fingerprint density at radius 3 is 2.19 bits per heavy atom. The Morgan fingerprint density at radius 2 is 1.65 bits per heavy atom. The van der Waals surface area contributed by atoms with Crippen molar-refractivity contribution < 1.29 is 18.3 Å². The number of sulfonamides is 1. The average Bonchev–Trinajstić information content (AvgIpc) is 3.11. The predicted octanol–water partition coefficient (Wildman–Crippen LogP) is 5.43. The van der Waals surface area contributed by atoms with Gasteiger partial charge in [0.25, 0.3) is 10.0 Å². The summed E-state index contributed by atoms with van der Waals surface area (Å²) in [5.41, 5.74) is 1.19. The standard InChI is InChI=1S/C25H25Cl2N5O4S/c1-14-6-9-22(29-28-14)31-21-8-7-18(13-20(21)15(2)30-31)32(23(24(33)34)25(3,4)5)37(35,36)19-11-16(26)10-17(27)12-19/h6-13,23H,1-5H3,(H,33,34). The van der Waals surface area contributed by atoms with Crippen molar-refractivity contribution in [2.24, 2.45) is 5.41 Å². The van der Waals surface area contributed by atoms with Crippen LogP contribution in [0.3, 0.4) is 0 Å². The van der Waals surface area contributed by atoms with E-state index in [-0.39, 0.29) is 20.6 Å². The molecule has 2 heterocycles. The van der Waals surface area contributed by atoms with Crippen LogP contribution in [-0.2, 0) is 14.8 Å². The number of carboxylic acid groups (broad SMARTS) is 1. The van der Waals surface area contributed by atoms with Gasteiger partial charge in [0.1, 0.15) is 6.04 Å². The maximum Gasteiger partial charge on any atom is 0.328 e. The number of benzene rings is 2. The minimum atomic E-state index is -4.42. The Balaban J connectivity index is 1.97. The highest BCUT2D eigenvalue weighted by molar-refractivity contribution is 7.93. The number of fused-ring (bicyclic) bond motifs is 1. The van der Waals surface area contributed by atoms with Crippen molar-refractivity contribution in [3.05, 3.63) is 70.0 Å². The highest BCUT2D eigenvalue weighted by Crippen LogP contribution is 2.37. The van der Waals surface area contributed by atoms with E-state index in [4.69, 9.17) is 23.2 Å². The summed E-state index contributed by atoms with van der Waals surface area (Å²) < 4.78 is 30.6. The summed E-state index contributed by atoms with van der Waals surface area (Å²) in [6.07, 6.45) is 0. The third-order valence-electron chi connectivity index (χ3n) is 5.79. The zero-order chi connectivity index (χ0) is 27.3. The first kappa shape index (κ1) is 26.8. The number of rotatable bonds is 6. The lowest BCUT2D eigenvalue weighted by Gasteiger charge is -2.37. The summed E-state index contributed by atoms with van der Waals surface area (Å²) in [4.78, 5) is 12.3. The number of carboxylic acids is 1. The lowest BCUT2D eigenvalue weighted by Crippen LogP contribution is -2.52. The molecule has 0 bridgehead atoms. The summed E-state index contributed by atoms with van der Waals surface area (Å²) in [5.74, 6) is -0.806. The van der Waals surface area contributed by atoms with Gasteiger partial charge >= 0.3 is 5.97 Å². The molecule has 2 aromatic heterocycles. The first-order valence-electron chi connectivity index (χ1n) is 11.2. The number of aromatic nitrogens is 4. The Hall–Kier alpha value is -3.21. The number of carbonyl (C=O) groups is 1. The van der Waals surface area contributed by atoms with Crippen LogP contribution in [0.25, 0.3) is 16.7 Å². The topological polar surface area (TPSA) is 118 Å². The Bertz CT molecular complexity index is 1590. The molecule has 0 spiro atoms. The third kappa shape index (κ3) is 5.14. The van der Waals surface area contributed by atoms with Crippen LogP contribution in [0.5, 0.6) is 0 Å². The molecule has 4 aromatic rings. The minimum Gasteiger partial charge on any atom is -0.480 e. The second kappa shape index (κ2) is 9.59. The number of hydrogen-bond acceptors (Lipinski definition) is 6. The molecule has 0 aliphatic heterocycles. The molecule has 0 aliphatic rings. The van der Waals surface area contributed by atoms with Crippen LogP contribution in [-0.4, -0.2) is 45.5 Å². The predicted molar refractivity (Wildman–Crippen MR) is 143 cm³/mol. The van der Waals surface area contributed by atoms with Gasteiger partial charge in [-0.25, -0.2) is 17.9 Å². The van der Waals surface area contributed by atoms with Crippen molar-refractivity contribution >= 4 is 55.8 Å². The maximum atomic E-state index is 14.0. The zero-order valence-electron chi connectivity index (χ0n) is 20.8. The number of anilines is 1. The zero-order valence-corrected chi connectivity index (χ0v) is 23.1. The average molecular weight is 562 g/mol. The van der Waals surface area contributed by atoms with Crippen molar-refractivity contribution in [2.45, 2.75) is 45.6 Å². The number of aryl methyl sites for hydroxylation is 2. The van der Waals surface area contributed by atoms with E-state index in [1.165, 1.54) is 18.2 Å². The second-order valence-electron chi connectivity index (χ2n) is 9.74. The third-order valence-corrected chi connectivity index (χ3v) is 7.99. The van der Waals surface area contributed by atoms with Gasteiger partial charge in [0.2, 0.25) is 0 Å². The molecule has 0 fully saturated rings. The van der Waals surface area contributed by atoms with Gasteiger partial charge in [0.05, 0.1) is 27.5 Å². The normalized spacial score (nSPS) is 13.1. The molecule has 2 aromatic carbocycles. The molecule has 37 heavy (non-hydrogen) atoms. The van der Waals surface area contributed by atoms with Gasteiger partial charge < -0.3 is 5.11 Å². The molecule has 9 nitrogen and oxygen atoms in total. The fourth-order valence-electron chi connectivity index (χ4n) is 4.11. The number of halogens is 2. The van der Waals surface area contributed by atoms with E-state index in [9.17, 15) is 18.3 Å². The first-order chi connectivity index (χ1) is 17.2. The summed E-state index contributed by atoms with van der Waals surface area (Å²) in [7, 11) is -4.42. The van der Waals surface area contributed by atoms with Crippen LogP contribution < -0.4 is 4.31 Å². The smallest absolute Gasteiger partial charge is 0.328 e. The van der Waals surface area contributed by atoms with E-state index in [2.05, 4.69) is 15.3 Å². The largest absolute Gasteiger partial charge is 0.480 e. The molecule has 0 saturated heterocycles. The van der Waals surface area contributed by atoms with Crippen LogP contribution in [0.4, 0.5) is 5.69 Å². The van der Waals surface area contributed by atoms with Gasteiger partial charge in [0.15, 0.2) is 5.82 Å². The second-order valence-corrected chi connectivity index (χ2v) is 12.4. The number of hydrogen-bond donors (Lipinski definition) is 1. The summed E-state index contributed by atoms with van der Waals surface area (Å²) >= 11 is 12.2. The molecular weight excluding hydrogens is 537 g/mol. The number of nitrogens with zero attached hydrogens (tertiary/aromatic N) is 5. The Labute approximate surface area is 224 Å². The van der Waals surface area contributed by atoms with E-state index in [0.29, 0.717) is 22.4 Å². The van der Waals surface area contributed by atoms with Crippen molar-refractivity contribution in [1.82, 2.24) is 20.0 Å². The quantitative estimate of drug-likeness (QED) is 0.333. The summed E-state index contributed by atoms with van der Waals surface area (Å²) in [6.45, 7) is 8.59. The van der Waals surface area contributed by atoms with Crippen LogP contribution in [0.1, 0.15) is 32.2 Å². The molecule has 1 unspecified atom stereocenters. The van der Waals surface area contributed by atoms with Crippen molar-refractivity contribution in [3.63, 3.8) is 0 Å². The monoisotopic (exact) mass is 561 g/mol. The SMILES string of the molecule is Cc1ccc(-n2nc(C)c3cc(N(C(C(=O)O)C(C)(C)C)S(=O)(=O)c4cc(Cl)cc(Cl)c4)ccc32)nn1. The summed E-state index contributed by atoms with van der Waals surface area (Å²) in [5, 5.41) is 23.9. The van der Waals surface area contributed by atoms with Gasteiger partial charge in [-0.15, -0.1) is 5.10 Å². The van der Waals surface area contributed by atoms with Gasteiger partial charge in [-0.1, -0.05) is 44.0 Å². The number of aliphatic carboxylic acids is 1. The maximum absolute atomic E-state index is 14.0. The van der Waals surface area contributed by atoms with Crippen LogP contribution in [0.2, 0.25) is 10.0 Å². The molecule has 4 rings (SSSR count). The van der Waals surface area contributed by atoms with E-state index in [0.717, 1.165) is 10.00 Å². The Kier molecular flexibility index (Phi) is 6.96. The molecule has 1 N–H and O–H groups in total. The van der Waals surface area contributed by atoms with Crippen molar-refractivity contribution in [1.29, 1.82) is 0 Å². The van der Waals surface area contributed by atoms with Crippen molar-refractivity contribution in [2.75, 3.05) is 4.31 Å². The fraction of sp³-hybridized carbons (Fsp3) is 0.280. The highest BCUT2D eigenvalue weighted by atomic mass is 35.5. The molecule has 0 aliphatic carbocycles. The van der Waals surface area contributed by atoms with Crippen molar-refractivity contribution in [3.8, 4) is 5.82 Å². The lowest BCUT2D eigenvalue weighted by molar-refractivity contribution is -0.140. The van der Waals surface area contributed by atoms with E-state index in [1.54, 1.807) is 56.6 Å². The van der Waals surface area contributed by atoms with Crippen LogP contribution >= 0.6 is 23.2 Å². The van der Waals surface area contributed by atoms with Gasteiger partial charge in [-0.05, 0) is 67.8 Å². The molecule has 0 radical (unpaired) electrons. The first-order valence-corrected chi connectivity index (χ1v) is 13.4. The van der Waals surface area contributed by atoms with Gasteiger partial charge in [0, 0.05) is 15.4 Å². The molecular formula is C25H25Cl2N5O4S. The molecule has 1 atom stereocenters. The Morgan fingerprint density at radius 1 is 1.00 bits per heavy atom. The highest BCUT2D eigenvalue weighted by Gasteiger charge is 2.43. The fourth-order valence-corrected chi connectivity index (χ4v) is 6.62. The lowest BCUT2D eigenvalue weighted by atomic mass is 9.86. The van der Waals surface area contributed by atoms with Gasteiger partial charge in [-0.2, -0.15) is 10.2 Å².